The van der Waals surface area contributed by atoms with E-state index >= 15 is 0 Å². The van der Waals surface area contributed by atoms with Gasteiger partial charge in [-0.15, -0.1) is 0 Å². The zero-order valence-corrected chi connectivity index (χ0v) is 15.2. The summed E-state index contributed by atoms with van der Waals surface area (Å²) in [5.74, 6) is 0.496. The van der Waals surface area contributed by atoms with E-state index in [0.717, 1.165) is 38.0 Å². The van der Waals surface area contributed by atoms with Gasteiger partial charge in [0.1, 0.15) is 0 Å². The van der Waals surface area contributed by atoms with Crippen molar-refractivity contribution >= 4 is 11.7 Å². The monoisotopic (exact) mass is 350 g/mol. The minimum Gasteiger partial charge on any atom is -0.351 e. The van der Waals surface area contributed by atoms with Crippen LogP contribution >= 0.6 is 0 Å². The summed E-state index contributed by atoms with van der Waals surface area (Å²) in [6, 6.07) is 12.2. The number of fused-ring (bicyclic) bond motifs is 3. The fourth-order valence-electron chi connectivity index (χ4n) is 4.67. The summed E-state index contributed by atoms with van der Waals surface area (Å²) >= 11 is 0. The van der Waals surface area contributed by atoms with Crippen LogP contribution in [0.2, 0.25) is 0 Å². The molecular weight excluding hydrogens is 324 g/mol. The third kappa shape index (κ3) is 3.19. The van der Waals surface area contributed by atoms with E-state index in [-0.39, 0.29) is 18.1 Å². The summed E-state index contributed by atoms with van der Waals surface area (Å²) in [4.78, 5) is 21.1. The van der Waals surface area contributed by atoms with Gasteiger partial charge in [-0.25, -0.2) is 4.79 Å². The number of carbonyl (C=O) groups is 1. The largest absolute Gasteiger partial charge is 0.351 e. The molecule has 2 amide bonds. The molecule has 5 heteroatoms. The Hall–Kier alpha value is -2.40. The number of rotatable bonds is 4. The van der Waals surface area contributed by atoms with Gasteiger partial charge >= 0.3 is 6.03 Å². The topological polar surface area (TPSA) is 62.5 Å². The Labute approximate surface area is 154 Å². The molecule has 0 radical (unpaired) electrons. The number of nitrogens with zero attached hydrogens (tertiary/aromatic N) is 3. The van der Waals surface area contributed by atoms with Gasteiger partial charge in [0.2, 0.25) is 0 Å². The molecule has 2 aromatic rings. The smallest absolute Gasteiger partial charge is 0.319 e. The molecule has 5 nitrogen and oxygen atoms in total. The van der Waals surface area contributed by atoms with Crippen molar-refractivity contribution in [3.05, 3.63) is 59.9 Å². The highest BCUT2D eigenvalue weighted by Crippen LogP contribution is 2.38. The number of amides is 2. The van der Waals surface area contributed by atoms with Gasteiger partial charge < -0.3 is 5.73 Å². The standard InChI is InChI=1S/C21H26N4O/c1-15-4-6-18(7-5-15)25(21(22)26)20-17-8-11-24(12-9-17)19(20)13-16-3-2-10-23-14-16/h2-7,10,14,17,19-20H,8-9,11-13H2,1H3,(H2,22,26). The molecule has 3 aliphatic heterocycles. The van der Waals surface area contributed by atoms with Crippen LogP contribution in [0, 0.1) is 12.8 Å². The molecule has 4 heterocycles. The van der Waals surface area contributed by atoms with E-state index in [1.165, 1.54) is 11.1 Å². The van der Waals surface area contributed by atoms with Crippen molar-refractivity contribution in [1.82, 2.24) is 9.88 Å². The van der Waals surface area contributed by atoms with Crippen LogP contribution in [0.1, 0.15) is 24.0 Å². The van der Waals surface area contributed by atoms with Crippen LogP contribution in [0.5, 0.6) is 0 Å². The van der Waals surface area contributed by atoms with Crippen molar-refractivity contribution in [3.63, 3.8) is 0 Å². The minimum absolute atomic E-state index is 0.109. The van der Waals surface area contributed by atoms with Gasteiger partial charge in [-0.3, -0.25) is 14.8 Å². The maximum absolute atomic E-state index is 12.5. The van der Waals surface area contributed by atoms with E-state index in [0.29, 0.717) is 5.92 Å². The number of nitrogens with two attached hydrogens (primary N) is 1. The lowest BCUT2D eigenvalue weighted by Crippen LogP contribution is -2.66. The Morgan fingerprint density at radius 1 is 1.23 bits per heavy atom. The van der Waals surface area contributed by atoms with E-state index in [1.54, 1.807) is 6.20 Å². The van der Waals surface area contributed by atoms with Gasteiger partial charge in [0.15, 0.2) is 0 Å². The molecule has 136 valence electrons. The van der Waals surface area contributed by atoms with Gasteiger partial charge in [-0.1, -0.05) is 23.8 Å². The van der Waals surface area contributed by atoms with Crippen molar-refractivity contribution in [2.45, 2.75) is 38.3 Å². The molecule has 3 fully saturated rings. The number of urea groups is 1. The number of aromatic nitrogens is 1. The Morgan fingerprint density at radius 3 is 2.58 bits per heavy atom. The number of aryl methyl sites for hydroxylation is 1. The lowest BCUT2D eigenvalue weighted by molar-refractivity contribution is 0.0279. The van der Waals surface area contributed by atoms with Crippen molar-refractivity contribution in [3.8, 4) is 0 Å². The maximum Gasteiger partial charge on any atom is 0.319 e. The number of primary amides is 1. The Kier molecular flexibility index (Phi) is 4.64. The summed E-state index contributed by atoms with van der Waals surface area (Å²) in [6.07, 6.45) is 6.88. The average molecular weight is 350 g/mol. The lowest BCUT2D eigenvalue weighted by Gasteiger charge is -2.54. The predicted molar refractivity (Wildman–Crippen MR) is 103 cm³/mol. The first kappa shape index (κ1) is 17.0. The molecule has 2 bridgehead atoms. The van der Waals surface area contributed by atoms with Crippen LogP contribution in [-0.2, 0) is 6.42 Å². The molecule has 2 atom stereocenters. The van der Waals surface area contributed by atoms with Crippen molar-refractivity contribution in [2.24, 2.45) is 11.7 Å². The second-order valence-corrected chi connectivity index (χ2v) is 7.54. The van der Waals surface area contributed by atoms with Gasteiger partial charge in [0, 0.05) is 24.1 Å². The third-order valence-corrected chi connectivity index (χ3v) is 5.94. The molecule has 0 spiro atoms. The first-order valence-corrected chi connectivity index (χ1v) is 9.42. The second-order valence-electron chi connectivity index (χ2n) is 7.54. The van der Waals surface area contributed by atoms with Crippen LogP contribution in [0.3, 0.4) is 0 Å². The van der Waals surface area contributed by atoms with E-state index in [2.05, 4.69) is 22.9 Å². The SMILES string of the molecule is Cc1ccc(N(C(N)=O)C2C3CCN(CC3)C2Cc2cccnc2)cc1. The molecule has 5 rings (SSSR count). The first-order chi connectivity index (χ1) is 12.6. The van der Waals surface area contributed by atoms with Crippen LogP contribution in [-0.4, -0.2) is 41.1 Å². The molecule has 3 aliphatic rings. The molecule has 1 aromatic heterocycles. The molecule has 26 heavy (non-hydrogen) atoms. The van der Waals surface area contributed by atoms with Gasteiger partial charge in [-0.2, -0.15) is 0 Å². The Balaban J connectivity index is 1.69. The first-order valence-electron chi connectivity index (χ1n) is 9.42. The van der Waals surface area contributed by atoms with Crippen molar-refractivity contribution in [1.29, 1.82) is 0 Å². The van der Waals surface area contributed by atoms with E-state index < -0.39 is 0 Å². The molecule has 2 N–H and O–H groups in total. The number of pyridine rings is 1. The highest BCUT2D eigenvalue weighted by molar-refractivity contribution is 5.91. The summed E-state index contributed by atoms with van der Waals surface area (Å²) in [5.41, 5.74) is 9.17. The molecule has 1 aromatic carbocycles. The summed E-state index contributed by atoms with van der Waals surface area (Å²) in [5, 5.41) is 0. The molecule has 3 saturated heterocycles. The zero-order chi connectivity index (χ0) is 18.1. The summed E-state index contributed by atoms with van der Waals surface area (Å²) < 4.78 is 0. The van der Waals surface area contributed by atoms with Crippen molar-refractivity contribution in [2.75, 3.05) is 18.0 Å². The van der Waals surface area contributed by atoms with Gasteiger partial charge in [-0.05, 0) is 69.0 Å². The van der Waals surface area contributed by atoms with Gasteiger partial charge in [0.05, 0.1) is 6.04 Å². The molecular formula is C21H26N4O. The number of hydrogen-bond acceptors (Lipinski definition) is 3. The molecule has 0 aliphatic carbocycles. The number of hydrogen-bond donors (Lipinski definition) is 1. The van der Waals surface area contributed by atoms with Crippen molar-refractivity contribution < 1.29 is 4.79 Å². The maximum atomic E-state index is 12.5. The lowest BCUT2D eigenvalue weighted by atomic mass is 9.76. The number of carbonyl (C=O) groups excluding carboxylic acids is 1. The fourth-order valence-corrected chi connectivity index (χ4v) is 4.67. The second kappa shape index (κ2) is 7.08. The third-order valence-electron chi connectivity index (χ3n) is 5.94. The highest BCUT2D eigenvalue weighted by atomic mass is 16.2. The Bertz CT molecular complexity index is 753. The quantitative estimate of drug-likeness (QED) is 0.922. The zero-order valence-electron chi connectivity index (χ0n) is 15.2. The van der Waals surface area contributed by atoms with Crippen LogP contribution in [0.15, 0.2) is 48.8 Å². The molecule has 2 unspecified atom stereocenters. The molecule has 0 saturated carbocycles. The minimum atomic E-state index is -0.358. The highest BCUT2D eigenvalue weighted by Gasteiger charge is 2.46. The van der Waals surface area contributed by atoms with Crippen LogP contribution in [0.25, 0.3) is 0 Å². The van der Waals surface area contributed by atoms with E-state index in [1.807, 2.05) is 41.4 Å². The van der Waals surface area contributed by atoms with Crippen LogP contribution < -0.4 is 10.6 Å². The van der Waals surface area contributed by atoms with Crippen LogP contribution in [0.4, 0.5) is 10.5 Å². The Morgan fingerprint density at radius 2 is 1.96 bits per heavy atom. The fraction of sp³-hybridized carbons (Fsp3) is 0.429. The van der Waals surface area contributed by atoms with Gasteiger partial charge in [0.25, 0.3) is 0 Å². The van der Waals surface area contributed by atoms with E-state index in [4.69, 9.17) is 5.73 Å². The predicted octanol–water partition coefficient (Wildman–Crippen LogP) is 2.98. The normalized spacial score (nSPS) is 27.3. The number of piperidine rings is 3. The number of benzene rings is 1. The van der Waals surface area contributed by atoms with E-state index in [9.17, 15) is 4.79 Å². The summed E-state index contributed by atoms with van der Waals surface area (Å²) in [7, 11) is 0. The average Bonchev–Trinajstić information content (AvgIpc) is 2.66. The summed E-state index contributed by atoms with van der Waals surface area (Å²) in [6.45, 7) is 4.26. The number of anilines is 1.